The summed E-state index contributed by atoms with van der Waals surface area (Å²) in [4.78, 5) is 0. The maximum Gasteiger partial charge on any atom is 0.115 e. The van der Waals surface area contributed by atoms with Crippen LogP contribution < -0.4 is 5.32 Å². The lowest BCUT2D eigenvalue weighted by atomic mass is 10.1. The van der Waals surface area contributed by atoms with Gasteiger partial charge in [0.1, 0.15) is 5.75 Å². The van der Waals surface area contributed by atoms with Crippen LogP contribution in [-0.2, 0) is 6.42 Å². The molecule has 2 rings (SSSR count). The van der Waals surface area contributed by atoms with Gasteiger partial charge < -0.3 is 10.4 Å². The first kappa shape index (κ1) is 12.8. The van der Waals surface area contributed by atoms with Gasteiger partial charge in [-0.3, -0.25) is 0 Å². The fourth-order valence-corrected chi connectivity index (χ4v) is 3.09. The van der Waals surface area contributed by atoms with Gasteiger partial charge in [-0.15, -0.1) is 0 Å². The summed E-state index contributed by atoms with van der Waals surface area (Å²) in [6.45, 7) is 2.26. The van der Waals surface area contributed by atoms with Crippen LogP contribution in [0.5, 0.6) is 5.75 Å². The molecule has 0 aromatic heterocycles. The molecule has 94 valence electrons. The van der Waals surface area contributed by atoms with E-state index in [0.29, 0.717) is 17.8 Å². The van der Waals surface area contributed by atoms with Gasteiger partial charge in [-0.1, -0.05) is 6.07 Å². The number of hydrogen-bond acceptors (Lipinski definition) is 3. The molecule has 1 aliphatic rings. The van der Waals surface area contributed by atoms with Crippen LogP contribution in [0.3, 0.4) is 0 Å². The molecule has 0 fully saturated rings. The van der Waals surface area contributed by atoms with E-state index in [1.54, 1.807) is 6.07 Å². The predicted molar refractivity (Wildman–Crippen MR) is 74.8 cm³/mol. The molecule has 3 heteroatoms. The number of aromatic hydroxyl groups is 1. The third kappa shape index (κ3) is 3.17. The van der Waals surface area contributed by atoms with Crippen molar-refractivity contribution in [1.29, 1.82) is 0 Å². The number of aryl methyl sites for hydroxylation is 1. The van der Waals surface area contributed by atoms with E-state index in [1.807, 2.05) is 17.8 Å². The van der Waals surface area contributed by atoms with E-state index in [2.05, 4.69) is 24.6 Å². The molecular formula is C14H21NOS. The number of hydrogen-bond donors (Lipinski definition) is 2. The van der Waals surface area contributed by atoms with Gasteiger partial charge in [-0.25, -0.2) is 0 Å². The Labute approximate surface area is 108 Å². The molecular weight excluding hydrogens is 230 g/mol. The first-order chi connectivity index (χ1) is 8.20. The fraction of sp³-hybridized carbons (Fsp3) is 0.571. The van der Waals surface area contributed by atoms with E-state index < -0.39 is 0 Å². The number of phenolic OH excluding ortho intramolecular Hbond substituents is 1. The molecule has 1 aromatic carbocycles. The third-order valence-corrected chi connectivity index (χ3v) is 4.09. The number of rotatable bonds is 5. The minimum absolute atomic E-state index is 0.389. The van der Waals surface area contributed by atoms with Gasteiger partial charge >= 0.3 is 0 Å². The largest absolute Gasteiger partial charge is 0.508 e. The van der Waals surface area contributed by atoms with Crippen LogP contribution in [-0.4, -0.2) is 23.2 Å². The van der Waals surface area contributed by atoms with Crippen molar-refractivity contribution < 1.29 is 5.11 Å². The van der Waals surface area contributed by atoms with E-state index in [-0.39, 0.29) is 0 Å². The Morgan fingerprint density at radius 2 is 2.35 bits per heavy atom. The van der Waals surface area contributed by atoms with Gasteiger partial charge in [0.2, 0.25) is 0 Å². The standard InChI is InChI=1S/C14H21NOS/c1-10(7-8-17-2)15-14-6-3-11-9-12(16)4-5-13(11)14/h4-5,9-10,14-16H,3,6-8H2,1-2H3. The highest BCUT2D eigenvalue weighted by Gasteiger charge is 2.23. The molecule has 17 heavy (non-hydrogen) atoms. The molecule has 0 saturated carbocycles. The molecule has 2 nitrogen and oxygen atoms in total. The lowest BCUT2D eigenvalue weighted by molar-refractivity contribution is 0.446. The molecule has 0 aliphatic heterocycles. The van der Waals surface area contributed by atoms with Crippen LogP contribution in [0.25, 0.3) is 0 Å². The van der Waals surface area contributed by atoms with Crippen molar-refractivity contribution in [2.45, 2.75) is 38.3 Å². The van der Waals surface area contributed by atoms with Crippen molar-refractivity contribution in [3.8, 4) is 5.75 Å². The third-order valence-electron chi connectivity index (χ3n) is 3.45. The maximum absolute atomic E-state index is 9.46. The first-order valence-corrected chi connectivity index (χ1v) is 7.67. The summed E-state index contributed by atoms with van der Waals surface area (Å²) in [6, 6.07) is 6.81. The van der Waals surface area contributed by atoms with E-state index >= 15 is 0 Å². The number of thioether (sulfide) groups is 1. The SMILES string of the molecule is CSCCC(C)NC1CCc2cc(O)ccc21. The Hall–Kier alpha value is -0.670. The average Bonchev–Trinajstić information content (AvgIpc) is 2.69. The van der Waals surface area contributed by atoms with Crippen molar-refractivity contribution in [3.05, 3.63) is 29.3 Å². The molecule has 0 spiro atoms. The predicted octanol–water partition coefficient (Wildman–Crippen LogP) is 3.11. The van der Waals surface area contributed by atoms with Crippen LogP contribution in [0, 0.1) is 0 Å². The van der Waals surface area contributed by atoms with Gasteiger partial charge in [-0.05, 0) is 61.5 Å². The number of nitrogens with one attached hydrogen (secondary N) is 1. The summed E-state index contributed by atoms with van der Waals surface area (Å²) in [5, 5.41) is 13.2. The second-order valence-electron chi connectivity index (χ2n) is 4.82. The smallest absolute Gasteiger partial charge is 0.115 e. The lowest BCUT2D eigenvalue weighted by Gasteiger charge is -2.20. The van der Waals surface area contributed by atoms with Crippen molar-refractivity contribution in [1.82, 2.24) is 5.32 Å². The summed E-state index contributed by atoms with van der Waals surface area (Å²) in [5.74, 6) is 1.60. The summed E-state index contributed by atoms with van der Waals surface area (Å²) >= 11 is 1.90. The van der Waals surface area contributed by atoms with E-state index in [4.69, 9.17) is 0 Å². The van der Waals surface area contributed by atoms with Crippen LogP contribution in [0.4, 0.5) is 0 Å². The van der Waals surface area contributed by atoms with E-state index in [0.717, 1.165) is 12.8 Å². The summed E-state index contributed by atoms with van der Waals surface area (Å²) in [6.07, 6.45) is 5.60. The van der Waals surface area contributed by atoms with Crippen molar-refractivity contribution in [3.63, 3.8) is 0 Å². The second kappa shape index (κ2) is 5.78. The highest BCUT2D eigenvalue weighted by molar-refractivity contribution is 7.98. The Bertz CT molecular complexity index is 380. The highest BCUT2D eigenvalue weighted by atomic mass is 32.2. The Morgan fingerprint density at radius 3 is 3.12 bits per heavy atom. The van der Waals surface area contributed by atoms with E-state index in [9.17, 15) is 5.11 Å². The zero-order valence-electron chi connectivity index (χ0n) is 10.6. The average molecular weight is 251 g/mol. The zero-order valence-corrected chi connectivity index (χ0v) is 11.4. The maximum atomic E-state index is 9.46. The van der Waals surface area contributed by atoms with Crippen molar-refractivity contribution in [2.75, 3.05) is 12.0 Å². The van der Waals surface area contributed by atoms with Crippen LogP contribution >= 0.6 is 11.8 Å². The van der Waals surface area contributed by atoms with Gasteiger partial charge in [0.15, 0.2) is 0 Å². The normalized spacial score (nSPS) is 20.2. The molecule has 1 aromatic rings. The number of benzene rings is 1. The molecule has 0 bridgehead atoms. The Balaban J connectivity index is 1.97. The van der Waals surface area contributed by atoms with Crippen LogP contribution in [0.2, 0.25) is 0 Å². The molecule has 2 atom stereocenters. The highest BCUT2D eigenvalue weighted by Crippen LogP contribution is 2.33. The van der Waals surface area contributed by atoms with Crippen LogP contribution in [0.15, 0.2) is 18.2 Å². The van der Waals surface area contributed by atoms with E-state index in [1.165, 1.54) is 23.3 Å². The summed E-state index contributed by atoms with van der Waals surface area (Å²) in [7, 11) is 0. The molecule has 0 radical (unpaired) electrons. The quantitative estimate of drug-likeness (QED) is 0.843. The molecule has 0 heterocycles. The van der Waals surface area contributed by atoms with Crippen molar-refractivity contribution >= 4 is 11.8 Å². The summed E-state index contributed by atoms with van der Waals surface area (Å²) in [5.41, 5.74) is 2.68. The fourth-order valence-electron chi connectivity index (χ4n) is 2.50. The van der Waals surface area contributed by atoms with Gasteiger partial charge in [0.05, 0.1) is 0 Å². The summed E-state index contributed by atoms with van der Waals surface area (Å²) < 4.78 is 0. The molecule has 0 saturated heterocycles. The van der Waals surface area contributed by atoms with Gasteiger partial charge in [-0.2, -0.15) is 11.8 Å². The topological polar surface area (TPSA) is 32.3 Å². The minimum Gasteiger partial charge on any atom is -0.508 e. The molecule has 0 amide bonds. The number of phenols is 1. The van der Waals surface area contributed by atoms with Crippen LogP contribution in [0.1, 0.15) is 36.9 Å². The molecule has 1 aliphatic carbocycles. The Kier molecular flexibility index (Phi) is 4.35. The zero-order chi connectivity index (χ0) is 12.3. The minimum atomic E-state index is 0.389. The molecule has 2 unspecified atom stereocenters. The number of fused-ring (bicyclic) bond motifs is 1. The monoisotopic (exact) mass is 251 g/mol. The first-order valence-electron chi connectivity index (χ1n) is 6.27. The van der Waals surface area contributed by atoms with Crippen molar-refractivity contribution in [2.24, 2.45) is 0 Å². The van der Waals surface area contributed by atoms with Gasteiger partial charge in [0.25, 0.3) is 0 Å². The Morgan fingerprint density at radius 1 is 1.53 bits per heavy atom. The molecule has 2 N–H and O–H groups in total. The van der Waals surface area contributed by atoms with Gasteiger partial charge in [0, 0.05) is 12.1 Å². The lowest BCUT2D eigenvalue weighted by Crippen LogP contribution is -2.29. The second-order valence-corrected chi connectivity index (χ2v) is 5.81.